The Morgan fingerprint density at radius 2 is 2.27 bits per heavy atom. The summed E-state index contributed by atoms with van der Waals surface area (Å²) in [6.45, 7) is 4.04. The first-order valence-electron chi connectivity index (χ1n) is 4.96. The highest BCUT2D eigenvalue weighted by molar-refractivity contribution is 7.71. The fraction of sp³-hybridized carbons (Fsp3) is 0.273. The lowest BCUT2D eigenvalue weighted by atomic mass is 10.2. The number of aromatic amines is 2. The van der Waals surface area contributed by atoms with Crippen molar-refractivity contribution >= 4 is 12.2 Å². The molecule has 2 rings (SSSR count). The van der Waals surface area contributed by atoms with E-state index in [1.807, 2.05) is 25.3 Å². The number of hydrogen-bond donors (Lipinski definition) is 2. The molecule has 78 valence electrons. The van der Waals surface area contributed by atoms with Crippen molar-refractivity contribution in [1.29, 1.82) is 0 Å². The molecule has 2 aromatic rings. The van der Waals surface area contributed by atoms with Gasteiger partial charge in [0.2, 0.25) is 0 Å². The smallest absolute Gasteiger partial charge is 0.133 e. The van der Waals surface area contributed by atoms with Crippen molar-refractivity contribution in [2.75, 3.05) is 0 Å². The van der Waals surface area contributed by atoms with Crippen LogP contribution in [0.3, 0.4) is 0 Å². The second kappa shape index (κ2) is 3.98. The highest BCUT2D eigenvalue weighted by atomic mass is 32.1. The minimum absolute atomic E-state index is 0.676. The quantitative estimate of drug-likeness (QED) is 0.763. The van der Waals surface area contributed by atoms with E-state index in [0.29, 0.717) is 4.64 Å². The van der Waals surface area contributed by atoms with Gasteiger partial charge in [-0.05, 0) is 19.1 Å². The highest BCUT2D eigenvalue weighted by Gasteiger charge is 2.06. The van der Waals surface area contributed by atoms with Gasteiger partial charge < -0.3 is 9.97 Å². The second-order valence-corrected chi connectivity index (χ2v) is 3.81. The standard InChI is InChI=1S/C11H13N3S/c1-3-9-13-10(7(2)11(15)14-9)8-5-4-6-12-8/h4-6,12H,3H2,1-2H3,(H,13,14,15). The average Bonchev–Trinajstić information content (AvgIpc) is 2.75. The van der Waals surface area contributed by atoms with Gasteiger partial charge >= 0.3 is 0 Å². The number of aromatic nitrogens is 3. The Kier molecular flexibility index (Phi) is 2.68. The van der Waals surface area contributed by atoms with Crippen LogP contribution in [0.2, 0.25) is 0 Å². The summed E-state index contributed by atoms with van der Waals surface area (Å²) in [7, 11) is 0. The molecule has 0 aliphatic carbocycles. The first kappa shape index (κ1) is 10.1. The fourth-order valence-electron chi connectivity index (χ4n) is 1.50. The molecule has 0 amide bonds. The summed E-state index contributed by atoms with van der Waals surface area (Å²) in [6, 6.07) is 3.99. The van der Waals surface area contributed by atoms with Crippen LogP contribution in [0.1, 0.15) is 18.3 Å². The Labute approximate surface area is 93.6 Å². The molecular formula is C11H13N3S. The van der Waals surface area contributed by atoms with E-state index in [4.69, 9.17) is 12.2 Å². The summed E-state index contributed by atoms with van der Waals surface area (Å²) in [4.78, 5) is 10.8. The van der Waals surface area contributed by atoms with Crippen molar-refractivity contribution < 1.29 is 0 Å². The molecule has 0 radical (unpaired) electrons. The first-order valence-corrected chi connectivity index (χ1v) is 5.36. The van der Waals surface area contributed by atoms with Crippen molar-refractivity contribution in [3.63, 3.8) is 0 Å². The van der Waals surface area contributed by atoms with Crippen molar-refractivity contribution in [2.24, 2.45) is 0 Å². The van der Waals surface area contributed by atoms with Crippen LogP contribution in [0, 0.1) is 11.6 Å². The van der Waals surface area contributed by atoms with Crippen LogP contribution in [0.4, 0.5) is 0 Å². The molecule has 2 heterocycles. The fourth-order valence-corrected chi connectivity index (χ4v) is 1.71. The Balaban J connectivity index is 2.65. The zero-order valence-corrected chi connectivity index (χ0v) is 9.61. The minimum atomic E-state index is 0.676. The summed E-state index contributed by atoms with van der Waals surface area (Å²) in [5, 5.41) is 0. The first-order chi connectivity index (χ1) is 7.22. The van der Waals surface area contributed by atoms with Crippen LogP contribution in [0.15, 0.2) is 18.3 Å². The number of nitrogens with one attached hydrogen (secondary N) is 2. The van der Waals surface area contributed by atoms with E-state index >= 15 is 0 Å². The van der Waals surface area contributed by atoms with Gasteiger partial charge in [-0.25, -0.2) is 4.98 Å². The van der Waals surface area contributed by atoms with Crippen LogP contribution in [-0.2, 0) is 6.42 Å². The molecule has 0 spiro atoms. The Bertz CT molecular complexity index is 511. The molecule has 2 aromatic heterocycles. The molecule has 0 saturated heterocycles. The third-order valence-corrected chi connectivity index (χ3v) is 2.80. The van der Waals surface area contributed by atoms with Gasteiger partial charge in [-0.2, -0.15) is 0 Å². The largest absolute Gasteiger partial charge is 0.360 e. The van der Waals surface area contributed by atoms with Gasteiger partial charge in [0.25, 0.3) is 0 Å². The number of aryl methyl sites for hydroxylation is 1. The molecule has 15 heavy (non-hydrogen) atoms. The number of rotatable bonds is 2. The molecule has 0 atom stereocenters. The second-order valence-electron chi connectivity index (χ2n) is 3.43. The van der Waals surface area contributed by atoms with Gasteiger partial charge in [0.1, 0.15) is 10.5 Å². The van der Waals surface area contributed by atoms with Gasteiger partial charge in [-0.15, -0.1) is 0 Å². The van der Waals surface area contributed by atoms with Gasteiger partial charge in [0, 0.05) is 18.2 Å². The van der Waals surface area contributed by atoms with Crippen molar-refractivity contribution in [3.05, 3.63) is 34.4 Å². The summed E-state index contributed by atoms with van der Waals surface area (Å²) in [5.41, 5.74) is 3.11. The van der Waals surface area contributed by atoms with Crippen LogP contribution in [0.5, 0.6) is 0 Å². The van der Waals surface area contributed by atoms with E-state index in [0.717, 1.165) is 29.2 Å². The lowest BCUT2D eigenvalue weighted by molar-refractivity contribution is 0.924. The average molecular weight is 219 g/mol. The predicted molar refractivity (Wildman–Crippen MR) is 63.3 cm³/mol. The van der Waals surface area contributed by atoms with E-state index < -0.39 is 0 Å². The van der Waals surface area contributed by atoms with Crippen LogP contribution >= 0.6 is 12.2 Å². The normalized spacial score (nSPS) is 10.5. The van der Waals surface area contributed by atoms with E-state index in [-0.39, 0.29) is 0 Å². The molecule has 2 N–H and O–H groups in total. The van der Waals surface area contributed by atoms with Crippen molar-refractivity contribution in [1.82, 2.24) is 15.0 Å². The molecule has 0 aliphatic heterocycles. The molecular weight excluding hydrogens is 206 g/mol. The zero-order valence-electron chi connectivity index (χ0n) is 8.79. The third-order valence-electron chi connectivity index (χ3n) is 2.40. The van der Waals surface area contributed by atoms with E-state index in [1.54, 1.807) is 0 Å². The lowest BCUT2D eigenvalue weighted by Crippen LogP contribution is -1.99. The lowest BCUT2D eigenvalue weighted by Gasteiger charge is -2.06. The molecule has 0 bridgehead atoms. The Morgan fingerprint density at radius 1 is 1.47 bits per heavy atom. The topological polar surface area (TPSA) is 44.5 Å². The molecule has 0 fully saturated rings. The van der Waals surface area contributed by atoms with Gasteiger partial charge in [0.15, 0.2) is 0 Å². The predicted octanol–water partition coefficient (Wildman–Crippen LogP) is 3.01. The van der Waals surface area contributed by atoms with E-state index in [9.17, 15) is 0 Å². The maximum Gasteiger partial charge on any atom is 0.133 e. The Morgan fingerprint density at radius 3 is 2.87 bits per heavy atom. The summed E-state index contributed by atoms with van der Waals surface area (Å²) >= 11 is 5.22. The molecule has 0 unspecified atom stereocenters. The number of nitrogens with zero attached hydrogens (tertiary/aromatic N) is 1. The summed E-state index contributed by atoms with van der Waals surface area (Å²) < 4.78 is 0.676. The van der Waals surface area contributed by atoms with Gasteiger partial charge in [0.05, 0.1) is 11.4 Å². The van der Waals surface area contributed by atoms with Crippen molar-refractivity contribution in [2.45, 2.75) is 20.3 Å². The number of H-pyrrole nitrogens is 2. The van der Waals surface area contributed by atoms with Crippen LogP contribution in [0.25, 0.3) is 11.4 Å². The Hall–Kier alpha value is -1.42. The van der Waals surface area contributed by atoms with Crippen LogP contribution in [-0.4, -0.2) is 15.0 Å². The SMILES string of the molecule is CCc1nc(=S)c(C)c(-c2ccc[nH]2)[nH]1. The minimum Gasteiger partial charge on any atom is -0.360 e. The summed E-state index contributed by atoms with van der Waals surface area (Å²) in [6.07, 6.45) is 2.76. The van der Waals surface area contributed by atoms with Crippen LogP contribution < -0.4 is 0 Å². The molecule has 0 aliphatic rings. The monoisotopic (exact) mass is 219 g/mol. The maximum atomic E-state index is 5.22. The summed E-state index contributed by atoms with van der Waals surface area (Å²) in [5.74, 6) is 0.926. The van der Waals surface area contributed by atoms with Crippen molar-refractivity contribution in [3.8, 4) is 11.4 Å². The van der Waals surface area contributed by atoms with Gasteiger partial charge in [-0.1, -0.05) is 19.1 Å². The molecule has 4 heteroatoms. The molecule has 0 aromatic carbocycles. The molecule has 3 nitrogen and oxygen atoms in total. The van der Waals surface area contributed by atoms with E-state index in [1.165, 1.54) is 0 Å². The van der Waals surface area contributed by atoms with E-state index in [2.05, 4.69) is 21.9 Å². The maximum absolute atomic E-state index is 5.22. The zero-order chi connectivity index (χ0) is 10.8. The molecule has 0 saturated carbocycles. The van der Waals surface area contributed by atoms with Gasteiger partial charge in [-0.3, -0.25) is 0 Å². The number of hydrogen-bond acceptors (Lipinski definition) is 2. The third kappa shape index (κ3) is 1.85. The highest BCUT2D eigenvalue weighted by Crippen LogP contribution is 2.19.